The molecule has 2 rings (SSSR count). The third kappa shape index (κ3) is 8.04. The van der Waals surface area contributed by atoms with E-state index in [0.717, 1.165) is 0 Å². The molecule has 10 nitrogen and oxygen atoms in total. The second kappa shape index (κ2) is 11.0. The highest BCUT2D eigenvalue weighted by Crippen LogP contribution is 2.23. The lowest BCUT2D eigenvalue weighted by Crippen LogP contribution is -2.23. The van der Waals surface area contributed by atoms with Crippen LogP contribution in [0.25, 0.3) is 0 Å². The van der Waals surface area contributed by atoms with Crippen LogP contribution in [-0.4, -0.2) is 38.2 Å². The van der Waals surface area contributed by atoms with Crippen molar-refractivity contribution in [3.05, 3.63) is 48.5 Å². The van der Waals surface area contributed by atoms with Gasteiger partial charge in [-0.1, -0.05) is 0 Å². The van der Waals surface area contributed by atoms with Crippen LogP contribution in [0.15, 0.2) is 68.7 Å². The standard InChI is InChI=1S/C18H24N8O2/c19-17(20)23-9-11-27-15-5-1-13(2-6-15)25-26-14-3-7-16(8-4-14)28-12-10-24-18(21)22/h1-8H,9-12H2,(H4,19,20,23)(H4,21,22,24). The van der Waals surface area contributed by atoms with Crippen molar-refractivity contribution in [1.82, 2.24) is 0 Å². The summed E-state index contributed by atoms with van der Waals surface area (Å²) in [6, 6.07) is 14.4. The van der Waals surface area contributed by atoms with Gasteiger partial charge >= 0.3 is 0 Å². The van der Waals surface area contributed by atoms with Gasteiger partial charge < -0.3 is 32.4 Å². The minimum atomic E-state index is 0.0462. The molecular weight excluding hydrogens is 360 g/mol. The number of guanidine groups is 2. The number of ether oxygens (including phenoxy) is 2. The Morgan fingerprint density at radius 2 is 0.964 bits per heavy atom. The van der Waals surface area contributed by atoms with Crippen LogP contribution in [0, 0.1) is 0 Å². The van der Waals surface area contributed by atoms with Gasteiger partial charge in [-0.05, 0) is 48.5 Å². The molecule has 0 bridgehead atoms. The highest BCUT2D eigenvalue weighted by molar-refractivity contribution is 5.75. The smallest absolute Gasteiger partial charge is 0.186 e. The van der Waals surface area contributed by atoms with Gasteiger partial charge in [0, 0.05) is 0 Å². The van der Waals surface area contributed by atoms with Crippen LogP contribution < -0.4 is 32.4 Å². The average molecular weight is 384 g/mol. The Bertz CT molecular complexity index is 739. The molecule has 0 heterocycles. The second-order valence-electron chi connectivity index (χ2n) is 5.50. The molecule has 0 amide bonds. The van der Waals surface area contributed by atoms with Gasteiger partial charge in [-0.3, -0.25) is 9.98 Å². The molecule has 0 aliphatic rings. The summed E-state index contributed by atoms with van der Waals surface area (Å²) in [7, 11) is 0. The fraction of sp³-hybridized carbons (Fsp3) is 0.222. The van der Waals surface area contributed by atoms with Crippen molar-refractivity contribution in [3.63, 3.8) is 0 Å². The molecule has 0 spiro atoms. The fourth-order valence-corrected chi connectivity index (χ4v) is 2.01. The lowest BCUT2D eigenvalue weighted by atomic mass is 10.3. The topological polar surface area (TPSA) is 172 Å². The number of aliphatic imine (C=N–C) groups is 2. The van der Waals surface area contributed by atoms with E-state index < -0.39 is 0 Å². The fourth-order valence-electron chi connectivity index (χ4n) is 2.01. The van der Waals surface area contributed by atoms with Gasteiger partial charge in [0.15, 0.2) is 11.9 Å². The Morgan fingerprint density at radius 1 is 0.607 bits per heavy atom. The van der Waals surface area contributed by atoms with E-state index >= 15 is 0 Å². The predicted octanol–water partition coefficient (Wildman–Crippen LogP) is 1.41. The maximum absolute atomic E-state index is 5.51. The number of benzene rings is 2. The summed E-state index contributed by atoms with van der Waals surface area (Å²) in [5.74, 6) is 1.49. The Morgan fingerprint density at radius 3 is 1.29 bits per heavy atom. The lowest BCUT2D eigenvalue weighted by Gasteiger charge is -2.04. The third-order valence-electron chi connectivity index (χ3n) is 3.26. The highest BCUT2D eigenvalue weighted by atomic mass is 16.5. The predicted molar refractivity (Wildman–Crippen MR) is 109 cm³/mol. The first-order valence-corrected chi connectivity index (χ1v) is 8.51. The van der Waals surface area contributed by atoms with Crippen molar-refractivity contribution < 1.29 is 9.47 Å². The molecule has 0 aromatic heterocycles. The molecular formula is C18H24N8O2. The summed E-state index contributed by atoms with van der Waals surface area (Å²) in [4.78, 5) is 7.69. The molecule has 28 heavy (non-hydrogen) atoms. The number of nitrogens with two attached hydrogens (primary N) is 4. The molecule has 0 aliphatic heterocycles. The molecule has 10 heteroatoms. The van der Waals surface area contributed by atoms with Crippen LogP contribution in [0.4, 0.5) is 11.4 Å². The van der Waals surface area contributed by atoms with Crippen LogP contribution in [0.1, 0.15) is 0 Å². The number of nitrogens with zero attached hydrogens (tertiary/aromatic N) is 4. The van der Waals surface area contributed by atoms with E-state index in [1.165, 1.54) is 0 Å². The van der Waals surface area contributed by atoms with Gasteiger partial charge in [0.1, 0.15) is 24.7 Å². The van der Waals surface area contributed by atoms with E-state index in [9.17, 15) is 0 Å². The summed E-state index contributed by atoms with van der Waals surface area (Å²) in [6.45, 7) is 1.58. The zero-order valence-corrected chi connectivity index (χ0v) is 15.4. The minimum absolute atomic E-state index is 0.0462. The SMILES string of the molecule is NC(N)=NCCOc1ccc(N=Nc2ccc(OCCN=C(N)N)cc2)cc1. The first-order chi connectivity index (χ1) is 13.5. The van der Waals surface area contributed by atoms with Crippen LogP contribution in [0.2, 0.25) is 0 Å². The first kappa shape index (κ1) is 20.5. The van der Waals surface area contributed by atoms with Crippen LogP contribution in [0.3, 0.4) is 0 Å². The Labute approximate surface area is 163 Å². The Balaban J connectivity index is 1.81. The minimum Gasteiger partial charge on any atom is -0.492 e. The van der Waals surface area contributed by atoms with Gasteiger partial charge in [-0.2, -0.15) is 10.2 Å². The summed E-state index contributed by atoms with van der Waals surface area (Å²) in [5.41, 5.74) is 22.4. The monoisotopic (exact) mass is 384 g/mol. The van der Waals surface area contributed by atoms with Crippen molar-refractivity contribution in [2.45, 2.75) is 0 Å². The molecule has 0 aliphatic carbocycles. The van der Waals surface area contributed by atoms with Gasteiger partial charge in [-0.25, -0.2) is 0 Å². The third-order valence-corrected chi connectivity index (χ3v) is 3.26. The van der Waals surface area contributed by atoms with E-state index in [1.54, 1.807) is 48.5 Å². The maximum Gasteiger partial charge on any atom is 0.186 e. The summed E-state index contributed by atoms with van der Waals surface area (Å²) < 4.78 is 11.0. The molecule has 148 valence electrons. The van der Waals surface area contributed by atoms with E-state index in [2.05, 4.69) is 20.2 Å². The zero-order valence-electron chi connectivity index (χ0n) is 15.4. The van der Waals surface area contributed by atoms with Gasteiger partial charge in [0.25, 0.3) is 0 Å². The van der Waals surface area contributed by atoms with E-state index in [4.69, 9.17) is 32.4 Å². The molecule has 2 aromatic carbocycles. The number of hydrogen-bond acceptors (Lipinski definition) is 6. The van der Waals surface area contributed by atoms with E-state index in [-0.39, 0.29) is 11.9 Å². The molecule has 0 atom stereocenters. The summed E-state index contributed by atoms with van der Waals surface area (Å²) >= 11 is 0. The van der Waals surface area contributed by atoms with Crippen molar-refractivity contribution in [3.8, 4) is 11.5 Å². The summed E-state index contributed by atoms with van der Waals surface area (Å²) in [6.07, 6.45) is 0. The number of hydrogen-bond donors (Lipinski definition) is 4. The highest BCUT2D eigenvalue weighted by Gasteiger charge is 1.97. The molecule has 0 radical (unpaired) electrons. The largest absolute Gasteiger partial charge is 0.492 e. The van der Waals surface area contributed by atoms with Crippen molar-refractivity contribution >= 4 is 23.3 Å². The van der Waals surface area contributed by atoms with Gasteiger partial charge in [0.05, 0.1) is 24.5 Å². The van der Waals surface area contributed by atoms with Crippen LogP contribution >= 0.6 is 0 Å². The molecule has 0 saturated heterocycles. The molecule has 2 aromatic rings. The second-order valence-corrected chi connectivity index (χ2v) is 5.50. The van der Waals surface area contributed by atoms with Crippen LogP contribution in [0.5, 0.6) is 11.5 Å². The molecule has 0 saturated carbocycles. The lowest BCUT2D eigenvalue weighted by molar-refractivity contribution is 0.328. The van der Waals surface area contributed by atoms with Gasteiger partial charge in [-0.15, -0.1) is 0 Å². The van der Waals surface area contributed by atoms with Crippen molar-refractivity contribution in [2.75, 3.05) is 26.3 Å². The average Bonchev–Trinajstić information content (AvgIpc) is 2.68. The van der Waals surface area contributed by atoms with Gasteiger partial charge in [0.2, 0.25) is 0 Å². The number of rotatable bonds is 10. The quantitative estimate of drug-likeness (QED) is 0.208. The maximum atomic E-state index is 5.51. The zero-order chi connectivity index (χ0) is 20.2. The van der Waals surface area contributed by atoms with Crippen molar-refractivity contribution in [1.29, 1.82) is 0 Å². The molecule has 0 fully saturated rings. The Hall–Kier alpha value is -3.82. The summed E-state index contributed by atoms with van der Waals surface area (Å²) in [5, 5.41) is 8.38. The normalized spacial score (nSPS) is 10.4. The van der Waals surface area contributed by atoms with E-state index in [1.807, 2.05) is 0 Å². The van der Waals surface area contributed by atoms with Crippen molar-refractivity contribution in [2.24, 2.45) is 43.1 Å². The van der Waals surface area contributed by atoms with Crippen LogP contribution in [-0.2, 0) is 0 Å². The number of azo groups is 1. The Kier molecular flexibility index (Phi) is 8.06. The van der Waals surface area contributed by atoms with E-state index in [0.29, 0.717) is 49.2 Å². The molecule has 0 unspecified atom stereocenters. The first-order valence-electron chi connectivity index (χ1n) is 8.51. The molecule has 8 N–H and O–H groups in total.